The van der Waals surface area contributed by atoms with Crippen molar-refractivity contribution in [3.63, 3.8) is 0 Å². The van der Waals surface area contributed by atoms with E-state index >= 15 is 0 Å². The molecule has 1 N–H and O–H groups in total. The molecule has 4 rings (SSSR count). The van der Waals surface area contributed by atoms with Crippen molar-refractivity contribution < 1.29 is 9.53 Å². The van der Waals surface area contributed by atoms with Crippen molar-refractivity contribution in [1.29, 1.82) is 0 Å². The largest absolute Gasteiger partial charge is 0.495 e. The second kappa shape index (κ2) is 8.65. The van der Waals surface area contributed by atoms with Gasteiger partial charge in [-0.1, -0.05) is 30.8 Å². The number of ether oxygens (including phenoxy) is 1. The van der Waals surface area contributed by atoms with Crippen LogP contribution in [0.15, 0.2) is 29.4 Å². The van der Waals surface area contributed by atoms with Gasteiger partial charge in [0.05, 0.1) is 18.0 Å². The summed E-state index contributed by atoms with van der Waals surface area (Å²) in [5.74, 6) is 2.33. The Morgan fingerprint density at radius 3 is 2.62 bits per heavy atom. The first-order valence-electron chi connectivity index (χ1n) is 10.4. The Morgan fingerprint density at radius 2 is 1.93 bits per heavy atom. The molecule has 0 spiro atoms. The van der Waals surface area contributed by atoms with E-state index in [1.54, 1.807) is 7.11 Å². The van der Waals surface area contributed by atoms with Gasteiger partial charge in [0.1, 0.15) is 5.75 Å². The summed E-state index contributed by atoms with van der Waals surface area (Å²) in [7, 11) is 1.60. The molecule has 2 fully saturated rings. The molecule has 1 atom stereocenters. The number of amides is 1. The maximum atomic E-state index is 12.8. The van der Waals surface area contributed by atoms with Crippen LogP contribution in [0.1, 0.15) is 45.6 Å². The number of para-hydroxylation sites is 2. The van der Waals surface area contributed by atoms with E-state index in [9.17, 15) is 4.79 Å². The number of methoxy groups -OCH3 is 1. The van der Waals surface area contributed by atoms with Gasteiger partial charge in [0.25, 0.3) is 0 Å². The standard InChI is InChI=1S/C21H29N5O2S/c1-14-10-12-25(13-11-14)20-23-24-21(26(20)16-8-9-16)29-15(2)19(27)22-17-6-4-5-7-18(17)28-3/h4-7,14-16H,8-13H2,1-3H3,(H,22,27). The number of carbonyl (C=O) groups is 1. The Labute approximate surface area is 176 Å². The van der Waals surface area contributed by atoms with Crippen molar-refractivity contribution in [3.05, 3.63) is 24.3 Å². The van der Waals surface area contributed by atoms with E-state index in [0.717, 1.165) is 43.0 Å². The zero-order valence-corrected chi connectivity index (χ0v) is 18.1. The summed E-state index contributed by atoms with van der Waals surface area (Å²) in [6, 6.07) is 7.91. The van der Waals surface area contributed by atoms with Crippen LogP contribution >= 0.6 is 11.8 Å². The molecule has 1 aromatic carbocycles. The van der Waals surface area contributed by atoms with Gasteiger partial charge in [0, 0.05) is 19.1 Å². The van der Waals surface area contributed by atoms with E-state index in [0.29, 0.717) is 17.5 Å². The maximum absolute atomic E-state index is 12.8. The number of piperidine rings is 1. The molecular formula is C21H29N5O2S. The SMILES string of the molecule is COc1ccccc1NC(=O)C(C)Sc1nnc(N2CCC(C)CC2)n1C1CC1. The first-order chi connectivity index (χ1) is 14.1. The van der Waals surface area contributed by atoms with Gasteiger partial charge < -0.3 is 15.0 Å². The summed E-state index contributed by atoms with van der Waals surface area (Å²) >= 11 is 1.47. The summed E-state index contributed by atoms with van der Waals surface area (Å²) in [5, 5.41) is 12.5. The van der Waals surface area contributed by atoms with Crippen LogP contribution < -0.4 is 15.0 Å². The van der Waals surface area contributed by atoms with Crippen LogP contribution in [0.25, 0.3) is 0 Å². The zero-order chi connectivity index (χ0) is 20.4. The van der Waals surface area contributed by atoms with E-state index in [1.807, 2.05) is 31.2 Å². The van der Waals surface area contributed by atoms with Crippen molar-refractivity contribution in [3.8, 4) is 5.75 Å². The van der Waals surface area contributed by atoms with Gasteiger partial charge in [-0.05, 0) is 50.7 Å². The first-order valence-corrected chi connectivity index (χ1v) is 11.2. The first kappa shape index (κ1) is 20.1. The predicted molar refractivity (Wildman–Crippen MR) is 116 cm³/mol. The van der Waals surface area contributed by atoms with Crippen LogP contribution in [-0.4, -0.2) is 46.1 Å². The number of hydrogen-bond acceptors (Lipinski definition) is 6. The fraction of sp³-hybridized carbons (Fsp3) is 0.571. The molecule has 7 nitrogen and oxygen atoms in total. The number of nitrogens with zero attached hydrogens (tertiary/aromatic N) is 4. The van der Waals surface area contributed by atoms with Gasteiger partial charge in [-0.3, -0.25) is 9.36 Å². The monoisotopic (exact) mass is 415 g/mol. The molecule has 1 aliphatic heterocycles. The van der Waals surface area contributed by atoms with Crippen molar-refractivity contribution in [1.82, 2.24) is 14.8 Å². The molecule has 1 aliphatic carbocycles. The number of aromatic nitrogens is 3. The highest BCUT2D eigenvalue weighted by atomic mass is 32.2. The molecule has 2 aliphatic rings. The van der Waals surface area contributed by atoms with Gasteiger partial charge in [-0.2, -0.15) is 0 Å². The lowest BCUT2D eigenvalue weighted by molar-refractivity contribution is -0.115. The third kappa shape index (κ3) is 4.52. The Morgan fingerprint density at radius 1 is 1.21 bits per heavy atom. The van der Waals surface area contributed by atoms with E-state index in [2.05, 4.69) is 31.9 Å². The molecule has 29 heavy (non-hydrogen) atoms. The number of nitrogens with one attached hydrogen (secondary N) is 1. The van der Waals surface area contributed by atoms with Crippen LogP contribution in [0.4, 0.5) is 11.6 Å². The van der Waals surface area contributed by atoms with Crippen molar-refractivity contribution in [2.75, 3.05) is 30.4 Å². The number of anilines is 2. The maximum Gasteiger partial charge on any atom is 0.237 e. The van der Waals surface area contributed by atoms with Crippen LogP contribution in [0.2, 0.25) is 0 Å². The van der Waals surface area contributed by atoms with Gasteiger partial charge in [0.2, 0.25) is 11.9 Å². The number of rotatable bonds is 7. The topological polar surface area (TPSA) is 72.3 Å². The normalized spacial score (nSPS) is 18.5. The Balaban J connectivity index is 1.46. The van der Waals surface area contributed by atoms with Gasteiger partial charge in [-0.25, -0.2) is 0 Å². The summed E-state index contributed by atoms with van der Waals surface area (Å²) in [6.45, 7) is 6.27. The van der Waals surface area contributed by atoms with Crippen LogP contribution in [-0.2, 0) is 4.79 Å². The minimum Gasteiger partial charge on any atom is -0.495 e. The molecule has 1 saturated heterocycles. The average molecular weight is 416 g/mol. The van der Waals surface area contributed by atoms with E-state index in [1.165, 1.54) is 24.6 Å². The molecule has 2 heterocycles. The summed E-state index contributed by atoms with van der Waals surface area (Å²) in [5.41, 5.74) is 0.680. The van der Waals surface area contributed by atoms with Crippen LogP contribution in [0.5, 0.6) is 5.75 Å². The third-order valence-corrected chi connectivity index (χ3v) is 6.70. The molecule has 1 amide bonds. The highest BCUT2D eigenvalue weighted by molar-refractivity contribution is 8.00. The van der Waals surface area contributed by atoms with Crippen molar-refractivity contribution in [2.24, 2.45) is 5.92 Å². The fourth-order valence-electron chi connectivity index (χ4n) is 3.62. The van der Waals surface area contributed by atoms with Gasteiger partial charge >= 0.3 is 0 Å². The molecule has 0 bridgehead atoms. The van der Waals surface area contributed by atoms with E-state index in [4.69, 9.17) is 4.74 Å². The molecule has 2 aromatic rings. The third-order valence-electron chi connectivity index (χ3n) is 5.64. The quantitative estimate of drug-likeness (QED) is 0.690. The number of thioether (sulfide) groups is 1. The lowest BCUT2D eigenvalue weighted by Gasteiger charge is -2.31. The second-order valence-electron chi connectivity index (χ2n) is 8.00. The Kier molecular flexibility index (Phi) is 5.99. The number of benzene rings is 1. The Hall–Kier alpha value is -2.22. The molecule has 1 aromatic heterocycles. The molecule has 156 valence electrons. The summed E-state index contributed by atoms with van der Waals surface area (Å²) in [6.07, 6.45) is 4.70. The lowest BCUT2D eigenvalue weighted by atomic mass is 10.00. The van der Waals surface area contributed by atoms with E-state index < -0.39 is 0 Å². The lowest BCUT2D eigenvalue weighted by Crippen LogP contribution is -2.34. The van der Waals surface area contributed by atoms with Gasteiger partial charge in [-0.15, -0.1) is 10.2 Å². The molecular weight excluding hydrogens is 386 g/mol. The molecule has 0 radical (unpaired) electrons. The summed E-state index contributed by atoms with van der Waals surface area (Å²) in [4.78, 5) is 15.1. The highest BCUT2D eigenvalue weighted by Crippen LogP contribution is 2.42. The Bertz CT molecular complexity index is 859. The average Bonchev–Trinajstić information content (AvgIpc) is 3.49. The molecule has 1 unspecified atom stereocenters. The number of hydrogen-bond donors (Lipinski definition) is 1. The second-order valence-corrected chi connectivity index (χ2v) is 9.31. The van der Waals surface area contributed by atoms with E-state index in [-0.39, 0.29) is 11.2 Å². The smallest absolute Gasteiger partial charge is 0.237 e. The minimum absolute atomic E-state index is 0.0711. The number of carbonyl (C=O) groups excluding carboxylic acids is 1. The van der Waals surface area contributed by atoms with Crippen molar-refractivity contribution in [2.45, 2.75) is 56.0 Å². The molecule has 1 saturated carbocycles. The molecule has 8 heteroatoms. The minimum atomic E-state index is -0.296. The zero-order valence-electron chi connectivity index (χ0n) is 17.3. The summed E-state index contributed by atoms with van der Waals surface area (Å²) < 4.78 is 7.59. The van der Waals surface area contributed by atoms with Gasteiger partial charge in [0.15, 0.2) is 5.16 Å². The fourth-order valence-corrected chi connectivity index (χ4v) is 4.53. The predicted octanol–water partition coefficient (Wildman–Crippen LogP) is 3.98. The van der Waals surface area contributed by atoms with Crippen molar-refractivity contribution >= 4 is 29.3 Å². The van der Waals surface area contributed by atoms with Crippen LogP contribution in [0, 0.1) is 5.92 Å². The van der Waals surface area contributed by atoms with Crippen LogP contribution in [0.3, 0.4) is 0 Å². The highest BCUT2D eigenvalue weighted by Gasteiger charge is 2.33.